The number of hydrogen-bond donors (Lipinski definition) is 0. The van der Waals surface area contributed by atoms with Gasteiger partial charge in [0.1, 0.15) is 5.82 Å². The van der Waals surface area contributed by atoms with E-state index < -0.39 is 0 Å². The van der Waals surface area contributed by atoms with Crippen LogP contribution in [0.5, 0.6) is 0 Å². The molecule has 0 amide bonds. The molecule has 0 aromatic heterocycles. The van der Waals surface area contributed by atoms with Gasteiger partial charge in [-0.3, -0.25) is 0 Å². The largest absolute Gasteiger partial charge is 0.364 e. The fourth-order valence-electron chi connectivity index (χ4n) is 2.82. The summed E-state index contributed by atoms with van der Waals surface area (Å²) in [4.78, 5) is 2.20. The number of halogens is 1. The normalized spacial score (nSPS) is 16.9. The lowest BCUT2D eigenvalue weighted by Crippen LogP contribution is -2.29. The number of fused-ring (bicyclic) bond motifs is 1. The molecule has 2 nitrogen and oxygen atoms in total. The van der Waals surface area contributed by atoms with E-state index in [2.05, 4.69) is 30.0 Å². The zero-order valence-corrected chi connectivity index (χ0v) is 11.3. The van der Waals surface area contributed by atoms with Gasteiger partial charge in [0.15, 0.2) is 0 Å². The second-order valence-corrected chi connectivity index (χ2v) is 5.23. The van der Waals surface area contributed by atoms with Crippen LogP contribution in [0.2, 0.25) is 0 Å². The van der Waals surface area contributed by atoms with E-state index in [0.29, 0.717) is 23.7 Å². The van der Waals surface area contributed by atoms with Gasteiger partial charge in [-0.1, -0.05) is 18.2 Å². The molecule has 0 fully saturated rings. The molecule has 100 valence electrons. The highest BCUT2D eigenvalue weighted by atomic mass is 19.1. The van der Waals surface area contributed by atoms with Crippen molar-refractivity contribution in [2.45, 2.75) is 25.9 Å². The predicted molar refractivity (Wildman–Crippen MR) is 76.9 cm³/mol. The van der Waals surface area contributed by atoms with Crippen molar-refractivity contribution < 1.29 is 4.39 Å². The monoisotopic (exact) mass is 266 g/mol. The van der Waals surface area contributed by atoms with Crippen molar-refractivity contribution >= 4 is 5.69 Å². The van der Waals surface area contributed by atoms with Crippen LogP contribution in [0.1, 0.15) is 23.6 Å². The zero-order valence-electron chi connectivity index (χ0n) is 11.3. The average Bonchev–Trinajstić information content (AvgIpc) is 2.77. The number of anilines is 1. The van der Waals surface area contributed by atoms with E-state index in [4.69, 9.17) is 5.26 Å². The number of nitriles is 1. The molecule has 0 saturated heterocycles. The van der Waals surface area contributed by atoms with E-state index in [1.165, 1.54) is 23.4 Å². The lowest BCUT2D eigenvalue weighted by Gasteiger charge is -2.25. The van der Waals surface area contributed by atoms with Crippen LogP contribution in [0.3, 0.4) is 0 Å². The molecule has 20 heavy (non-hydrogen) atoms. The highest BCUT2D eigenvalue weighted by molar-refractivity contribution is 5.59. The third kappa shape index (κ3) is 2.14. The van der Waals surface area contributed by atoms with E-state index in [1.54, 1.807) is 6.07 Å². The maximum Gasteiger partial charge on any atom is 0.128 e. The summed E-state index contributed by atoms with van der Waals surface area (Å²) in [7, 11) is 0. The van der Waals surface area contributed by atoms with Crippen molar-refractivity contribution in [3.63, 3.8) is 0 Å². The van der Waals surface area contributed by atoms with Crippen molar-refractivity contribution in [2.75, 3.05) is 4.90 Å². The molecule has 0 N–H and O–H groups in total. The standard InChI is InChI=1S/C17H15FN2/c1-12-8-14-4-2-3-5-17(14)20(12)11-15-9-13(10-19)6-7-16(15)18/h2-7,9,12H,8,11H2,1H3. The van der Waals surface area contributed by atoms with Crippen LogP contribution >= 0.6 is 0 Å². The summed E-state index contributed by atoms with van der Waals surface area (Å²) in [6, 6.07) is 15.2. The smallest absolute Gasteiger partial charge is 0.128 e. The zero-order chi connectivity index (χ0) is 14.1. The average molecular weight is 266 g/mol. The van der Waals surface area contributed by atoms with Gasteiger partial charge < -0.3 is 4.90 Å². The quantitative estimate of drug-likeness (QED) is 0.829. The molecule has 1 aliphatic rings. The molecule has 1 atom stereocenters. The van der Waals surface area contributed by atoms with Gasteiger partial charge in [0, 0.05) is 23.8 Å². The number of rotatable bonds is 2. The van der Waals surface area contributed by atoms with Crippen LogP contribution in [0.4, 0.5) is 10.1 Å². The summed E-state index contributed by atoms with van der Waals surface area (Å²) in [6.07, 6.45) is 0.982. The van der Waals surface area contributed by atoms with Gasteiger partial charge in [-0.25, -0.2) is 4.39 Å². The third-order valence-corrected chi connectivity index (χ3v) is 3.86. The molecule has 1 aliphatic heterocycles. The molecule has 0 spiro atoms. The Balaban J connectivity index is 1.94. The van der Waals surface area contributed by atoms with Crippen molar-refractivity contribution in [3.05, 3.63) is 65.0 Å². The molecule has 1 unspecified atom stereocenters. The Morgan fingerprint density at radius 2 is 2.10 bits per heavy atom. The molecule has 3 rings (SSSR count). The fourth-order valence-corrected chi connectivity index (χ4v) is 2.82. The first-order valence-corrected chi connectivity index (χ1v) is 6.72. The molecule has 0 radical (unpaired) electrons. The highest BCUT2D eigenvalue weighted by Crippen LogP contribution is 2.33. The van der Waals surface area contributed by atoms with Crippen LogP contribution in [-0.4, -0.2) is 6.04 Å². The number of hydrogen-bond acceptors (Lipinski definition) is 2. The van der Waals surface area contributed by atoms with Gasteiger partial charge in [-0.2, -0.15) is 5.26 Å². The summed E-state index contributed by atoms with van der Waals surface area (Å²) in [6.45, 7) is 2.64. The Morgan fingerprint density at radius 3 is 2.90 bits per heavy atom. The van der Waals surface area contributed by atoms with E-state index in [1.807, 2.05) is 12.1 Å². The molecule has 3 heteroatoms. The van der Waals surface area contributed by atoms with Crippen LogP contribution in [-0.2, 0) is 13.0 Å². The molecule has 0 aliphatic carbocycles. The molecule has 2 aromatic rings. The summed E-state index contributed by atoms with van der Waals surface area (Å²) in [5, 5.41) is 8.94. The summed E-state index contributed by atoms with van der Waals surface area (Å²) < 4.78 is 13.9. The molecular formula is C17H15FN2. The topological polar surface area (TPSA) is 27.0 Å². The van der Waals surface area contributed by atoms with Crippen molar-refractivity contribution in [3.8, 4) is 6.07 Å². The second-order valence-electron chi connectivity index (χ2n) is 5.23. The Morgan fingerprint density at radius 1 is 1.30 bits per heavy atom. The van der Waals surface area contributed by atoms with Gasteiger partial charge in [0.2, 0.25) is 0 Å². The lowest BCUT2D eigenvalue weighted by molar-refractivity contribution is 0.593. The maximum absolute atomic E-state index is 13.9. The second kappa shape index (κ2) is 4.97. The van der Waals surface area contributed by atoms with Gasteiger partial charge >= 0.3 is 0 Å². The first-order chi connectivity index (χ1) is 9.69. The van der Waals surface area contributed by atoms with Gasteiger partial charge in [-0.05, 0) is 43.2 Å². The minimum absolute atomic E-state index is 0.249. The maximum atomic E-state index is 13.9. The van der Waals surface area contributed by atoms with Crippen molar-refractivity contribution in [2.24, 2.45) is 0 Å². The number of para-hydroxylation sites is 1. The van der Waals surface area contributed by atoms with Crippen LogP contribution in [0.15, 0.2) is 42.5 Å². The highest BCUT2D eigenvalue weighted by Gasteiger charge is 2.26. The number of benzene rings is 2. The Kier molecular flexibility index (Phi) is 3.15. The van der Waals surface area contributed by atoms with E-state index in [9.17, 15) is 4.39 Å². The molecule has 2 aromatic carbocycles. The Bertz CT molecular complexity index is 688. The fraction of sp³-hybridized carbons (Fsp3) is 0.235. The minimum Gasteiger partial charge on any atom is -0.364 e. The first-order valence-electron chi connectivity index (χ1n) is 6.72. The van der Waals surface area contributed by atoms with Crippen molar-refractivity contribution in [1.82, 2.24) is 0 Å². The number of nitrogens with zero attached hydrogens (tertiary/aromatic N) is 2. The predicted octanol–water partition coefficient (Wildman–Crippen LogP) is 3.65. The molecular weight excluding hydrogens is 251 g/mol. The first kappa shape index (κ1) is 12.7. The molecule has 1 heterocycles. The lowest BCUT2D eigenvalue weighted by atomic mass is 10.1. The Labute approximate surface area is 118 Å². The van der Waals surface area contributed by atoms with E-state index >= 15 is 0 Å². The van der Waals surface area contributed by atoms with Gasteiger partial charge in [-0.15, -0.1) is 0 Å². The van der Waals surface area contributed by atoms with E-state index in [-0.39, 0.29) is 5.82 Å². The Hall–Kier alpha value is -2.34. The summed E-state index contributed by atoms with van der Waals surface area (Å²) in [5.74, 6) is -0.249. The van der Waals surface area contributed by atoms with E-state index in [0.717, 1.165) is 6.42 Å². The minimum atomic E-state index is -0.249. The molecule has 0 bridgehead atoms. The van der Waals surface area contributed by atoms with Crippen LogP contribution in [0.25, 0.3) is 0 Å². The van der Waals surface area contributed by atoms with Gasteiger partial charge in [0.05, 0.1) is 11.6 Å². The summed E-state index contributed by atoms with van der Waals surface area (Å²) in [5.41, 5.74) is 3.55. The van der Waals surface area contributed by atoms with Crippen LogP contribution < -0.4 is 4.90 Å². The van der Waals surface area contributed by atoms with Crippen LogP contribution in [0, 0.1) is 17.1 Å². The van der Waals surface area contributed by atoms with Gasteiger partial charge in [0.25, 0.3) is 0 Å². The van der Waals surface area contributed by atoms with Crippen molar-refractivity contribution in [1.29, 1.82) is 5.26 Å². The molecule has 0 saturated carbocycles. The summed E-state index contributed by atoms with van der Waals surface area (Å²) >= 11 is 0. The SMILES string of the molecule is CC1Cc2ccccc2N1Cc1cc(C#N)ccc1F. The third-order valence-electron chi connectivity index (χ3n) is 3.86.